The van der Waals surface area contributed by atoms with Gasteiger partial charge in [-0.05, 0) is 52.4 Å². The van der Waals surface area contributed by atoms with Crippen LogP contribution in [0, 0.1) is 17.6 Å². The molecule has 1 aliphatic rings. The molecule has 2 rings (SSSR count). The van der Waals surface area contributed by atoms with Crippen molar-refractivity contribution >= 4 is 12.1 Å². The maximum atomic E-state index is 13.6. The lowest BCUT2D eigenvalue weighted by Gasteiger charge is -2.33. The fraction of sp³-hybridized carbons (Fsp3) is 0.600. The van der Waals surface area contributed by atoms with Gasteiger partial charge in [-0.15, -0.1) is 0 Å². The molecule has 0 atom stereocenters. The minimum absolute atomic E-state index is 0.0280. The van der Waals surface area contributed by atoms with Gasteiger partial charge in [0.1, 0.15) is 28.5 Å². The van der Waals surface area contributed by atoms with Gasteiger partial charge in [-0.2, -0.15) is 0 Å². The number of benzene rings is 1. The number of aromatic carboxylic acids is 1. The lowest BCUT2D eigenvalue weighted by atomic mass is 9.92. The zero-order valence-electron chi connectivity index (χ0n) is 16.5. The monoisotopic (exact) mass is 399 g/mol. The Kier molecular flexibility index (Phi) is 7.21. The Morgan fingerprint density at radius 3 is 2.25 bits per heavy atom. The topological polar surface area (TPSA) is 76.1 Å². The van der Waals surface area contributed by atoms with Crippen molar-refractivity contribution in [2.24, 2.45) is 5.92 Å². The molecule has 1 N–H and O–H groups in total. The first-order valence-electron chi connectivity index (χ1n) is 9.40. The first-order chi connectivity index (χ1) is 13.1. The Hall–Kier alpha value is -2.38. The van der Waals surface area contributed by atoms with Crippen molar-refractivity contribution in [2.75, 3.05) is 19.7 Å². The van der Waals surface area contributed by atoms with E-state index in [-0.39, 0.29) is 18.4 Å². The largest absolute Gasteiger partial charge is 0.493 e. The average Bonchev–Trinajstić information content (AvgIpc) is 2.57. The van der Waals surface area contributed by atoms with Gasteiger partial charge in [0.15, 0.2) is 0 Å². The van der Waals surface area contributed by atoms with Crippen LogP contribution in [0.3, 0.4) is 0 Å². The SMILES string of the molecule is CC(C)(C)OC(=O)N1CCC(CCCOc2cc(F)c(C(=O)O)c(F)c2)CC1. The molecule has 1 fully saturated rings. The number of halogens is 2. The summed E-state index contributed by atoms with van der Waals surface area (Å²) in [5.74, 6) is -3.54. The molecule has 0 unspecified atom stereocenters. The number of ether oxygens (including phenoxy) is 2. The van der Waals surface area contributed by atoms with Gasteiger partial charge >= 0.3 is 12.1 Å². The number of rotatable bonds is 6. The highest BCUT2D eigenvalue weighted by Crippen LogP contribution is 2.24. The van der Waals surface area contributed by atoms with E-state index < -0.39 is 28.8 Å². The van der Waals surface area contributed by atoms with E-state index in [1.165, 1.54) is 0 Å². The second-order valence-corrected chi connectivity index (χ2v) is 7.97. The minimum atomic E-state index is -1.65. The summed E-state index contributed by atoms with van der Waals surface area (Å²) in [5, 5.41) is 8.75. The van der Waals surface area contributed by atoms with E-state index in [4.69, 9.17) is 14.6 Å². The van der Waals surface area contributed by atoms with Crippen LogP contribution in [-0.4, -0.2) is 47.4 Å². The number of hydrogen-bond donors (Lipinski definition) is 1. The summed E-state index contributed by atoms with van der Waals surface area (Å²) < 4.78 is 38.0. The van der Waals surface area contributed by atoms with Crippen LogP contribution in [0.2, 0.25) is 0 Å². The van der Waals surface area contributed by atoms with Crippen molar-refractivity contribution in [3.05, 3.63) is 29.3 Å². The number of carboxylic acids is 1. The van der Waals surface area contributed by atoms with Crippen LogP contribution in [-0.2, 0) is 4.74 Å². The van der Waals surface area contributed by atoms with E-state index >= 15 is 0 Å². The quantitative estimate of drug-likeness (QED) is 0.715. The normalized spacial score (nSPS) is 15.4. The molecule has 0 aromatic heterocycles. The molecule has 0 aliphatic carbocycles. The summed E-state index contributed by atoms with van der Waals surface area (Å²) in [6.07, 6.45) is 3.02. The van der Waals surface area contributed by atoms with Crippen molar-refractivity contribution in [1.29, 1.82) is 0 Å². The van der Waals surface area contributed by atoms with Crippen LogP contribution < -0.4 is 4.74 Å². The molecule has 1 aromatic rings. The zero-order valence-corrected chi connectivity index (χ0v) is 16.5. The van der Waals surface area contributed by atoms with Crippen LogP contribution in [0.4, 0.5) is 13.6 Å². The molecule has 1 aromatic carbocycles. The fourth-order valence-corrected chi connectivity index (χ4v) is 3.13. The Bertz CT molecular complexity index is 686. The van der Waals surface area contributed by atoms with Gasteiger partial charge in [0, 0.05) is 25.2 Å². The summed E-state index contributed by atoms with van der Waals surface area (Å²) in [7, 11) is 0. The Labute approximate surface area is 163 Å². The third kappa shape index (κ3) is 6.35. The summed E-state index contributed by atoms with van der Waals surface area (Å²) in [6.45, 7) is 7.08. The first-order valence-corrected chi connectivity index (χ1v) is 9.40. The number of carboxylic acid groups (broad SMARTS) is 1. The maximum Gasteiger partial charge on any atom is 0.410 e. The molecule has 8 heteroatoms. The smallest absolute Gasteiger partial charge is 0.410 e. The van der Waals surface area contributed by atoms with Gasteiger partial charge in [0.25, 0.3) is 0 Å². The lowest BCUT2D eigenvalue weighted by molar-refractivity contribution is 0.0179. The van der Waals surface area contributed by atoms with Crippen molar-refractivity contribution in [3.8, 4) is 5.75 Å². The molecule has 1 aliphatic heterocycles. The van der Waals surface area contributed by atoms with Crippen LogP contribution in [0.5, 0.6) is 5.75 Å². The maximum absolute atomic E-state index is 13.6. The summed E-state index contributed by atoms with van der Waals surface area (Å²) >= 11 is 0. The number of carbonyl (C=O) groups excluding carboxylic acids is 1. The predicted octanol–water partition coefficient (Wildman–Crippen LogP) is 4.47. The molecule has 156 valence electrons. The third-order valence-electron chi connectivity index (χ3n) is 4.52. The summed E-state index contributed by atoms with van der Waals surface area (Å²) in [6, 6.07) is 1.76. The predicted molar refractivity (Wildman–Crippen MR) is 98.6 cm³/mol. The molecule has 1 amide bonds. The molecule has 6 nitrogen and oxygen atoms in total. The van der Waals surface area contributed by atoms with Gasteiger partial charge in [-0.25, -0.2) is 18.4 Å². The first kappa shape index (κ1) is 21.9. The number of amides is 1. The van der Waals surface area contributed by atoms with Crippen LogP contribution in [0.25, 0.3) is 0 Å². The van der Waals surface area contributed by atoms with E-state index in [2.05, 4.69) is 0 Å². The zero-order chi connectivity index (χ0) is 20.9. The highest BCUT2D eigenvalue weighted by molar-refractivity contribution is 5.88. The van der Waals surface area contributed by atoms with Crippen LogP contribution in [0.1, 0.15) is 56.8 Å². The van der Waals surface area contributed by atoms with E-state index in [9.17, 15) is 18.4 Å². The number of carbonyl (C=O) groups is 2. The summed E-state index contributed by atoms with van der Waals surface area (Å²) in [5.41, 5.74) is -1.49. The Morgan fingerprint density at radius 2 is 1.75 bits per heavy atom. The molecule has 0 bridgehead atoms. The molecule has 1 heterocycles. The van der Waals surface area contributed by atoms with Crippen molar-refractivity contribution in [1.82, 2.24) is 4.90 Å². The number of hydrogen-bond acceptors (Lipinski definition) is 4. The minimum Gasteiger partial charge on any atom is -0.493 e. The van der Waals surface area contributed by atoms with E-state index in [1.807, 2.05) is 20.8 Å². The van der Waals surface area contributed by atoms with Gasteiger partial charge in [-0.3, -0.25) is 0 Å². The molecular weight excluding hydrogens is 372 g/mol. The van der Waals surface area contributed by atoms with E-state index in [0.29, 0.717) is 25.4 Å². The Balaban J connectivity index is 1.71. The second-order valence-electron chi connectivity index (χ2n) is 7.97. The number of nitrogens with zero attached hydrogens (tertiary/aromatic N) is 1. The molecule has 0 spiro atoms. The van der Waals surface area contributed by atoms with Crippen molar-refractivity contribution < 1.29 is 33.0 Å². The number of piperidine rings is 1. The van der Waals surface area contributed by atoms with Gasteiger partial charge < -0.3 is 19.5 Å². The highest BCUT2D eigenvalue weighted by atomic mass is 19.1. The highest BCUT2D eigenvalue weighted by Gasteiger charge is 2.26. The van der Waals surface area contributed by atoms with Gasteiger partial charge in [-0.1, -0.05) is 0 Å². The third-order valence-corrected chi connectivity index (χ3v) is 4.52. The number of likely N-dealkylation sites (tertiary alicyclic amines) is 1. The van der Waals surface area contributed by atoms with E-state index in [1.54, 1.807) is 4.90 Å². The molecular formula is C20H27F2NO5. The molecule has 0 saturated carbocycles. The van der Waals surface area contributed by atoms with E-state index in [0.717, 1.165) is 31.4 Å². The average molecular weight is 399 g/mol. The molecule has 0 radical (unpaired) electrons. The fourth-order valence-electron chi connectivity index (χ4n) is 3.13. The Morgan fingerprint density at radius 1 is 1.18 bits per heavy atom. The molecule has 1 saturated heterocycles. The second kappa shape index (κ2) is 9.21. The van der Waals surface area contributed by atoms with Gasteiger partial charge in [0.05, 0.1) is 6.61 Å². The van der Waals surface area contributed by atoms with Crippen LogP contribution in [0.15, 0.2) is 12.1 Å². The van der Waals surface area contributed by atoms with Gasteiger partial charge in [0.2, 0.25) is 0 Å². The lowest BCUT2D eigenvalue weighted by Crippen LogP contribution is -2.41. The van der Waals surface area contributed by atoms with Crippen molar-refractivity contribution in [3.63, 3.8) is 0 Å². The van der Waals surface area contributed by atoms with Crippen LogP contribution >= 0.6 is 0 Å². The standard InChI is InChI=1S/C20H27F2NO5/c1-20(2,3)28-19(26)23-8-6-13(7-9-23)5-4-10-27-14-11-15(21)17(18(24)25)16(22)12-14/h11-13H,4-10H2,1-3H3,(H,24,25). The van der Waals surface area contributed by atoms with Crippen molar-refractivity contribution in [2.45, 2.75) is 52.1 Å². The summed E-state index contributed by atoms with van der Waals surface area (Å²) in [4.78, 5) is 24.5. The molecule has 28 heavy (non-hydrogen) atoms.